The maximum Gasteiger partial charge on any atom is 0.0379 e. The molecule has 0 unspecified atom stereocenters. The molecule has 1 aromatic rings. The van der Waals surface area contributed by atoms with E-state index in [0.29, 0.717) is 12.6 Å². The smallest absolute Gasteiger partial charge is 0.0379 e. The maximum absolute atomic E-state index is 5.63. The highest BCUT2D eigenvalue weighted by Crippen LogP contribution is 2.25. The van der Waals surface area contributed by atoms with E-state index in [2.05, 4.69) is 59.8 Å². The molecule has 0 fully saturated rings. The summed E-state index contributed by atoms with van der Waals surface area (Å²) >= 11 is 3.55. The zero-order valence-corrected chi connectivity index (χ0v) is 11.2. The van der Waals surface area contributed by atoms with Gasteiger partial charge in [0.05, 0.1) is 0 Å². The molecule has 0 bridgehead atoms. The van der Waals surface area contributed by atoms with Crippen LogP contribution in [-0.4, -0.2) is 12.6 Å². The van der Waals surface area contributed by atoms with Gasteiger partial charge in [-0.3, -0.25) is 0 Å². The second-order valence-electron chi connectivity index (χ2n) is 3.86. The quantitative estimate of drug-likeness (QED) is 0.911. The van der Waals surface area contributed by atoms with Crippen molar-refractivity contribution in [1.29, 1.82) is 0 Å². The molecule has 1 rings (SSSR count). The third-order valence-corrected chi connectivity index (χ3v) is 3.29. The van der Waals surface area contributed by atoms with E-state index in [0.717, 1.165) is 16.6 Å². The average Bonchev–Trinajstić information content (AvgIpc) is 2.18. The van der Waals surface area contributed by atoms with Crippen molar-refractivity contribution < 1.29 is 0 Å². The number of rotatable bonds is 4. The van der Waals surface area contributed by atoms with Gasteiger partial charge in [0.2, 0.25) is 0 Å². The number of hydrogen-bond donors (Lipinski definition) is 1. The lowest BCUT2D eigenvalue weighted by Gasteiger charge is -2.28. The number of nitrogens with two attached hydrogens (primary N) is 1. The standard InChI is InChI=1S/C12H19BrN2/c1-4-15(9(2)3)11-6-5-10(8-14)12(13)7-11/h5-7,9H,4,8,14H2,1-3H3. The van der Waals surface area contributed by atoms with Crippen molar-refractivity contribution in [2.75, 3.05) is 11.4 Å². The molecular weight excluding hydrogens is 252 g/mol. The summed E-state index contributed by atoms with van der Waals surface area (Å²) in [5, 5.41) is 0. The highest BCUT2D eigenvalue weighted by Gasteiger charge is 2.09. The SMILES string of the molecule is CCN(c1ccc(CN)c(Br)c1)C(C)C. The predicted molar refractivity (Wildman–Crippen MR) is 70.2 cm³/mol. The van der Waals surface area contributed by atoms with Gasteiger partial charge >= 0.3 is 0 Å². The second-order valence-corrected chi connectivity index (χ2v) is 4.71. The zero-order valence-electron chi connectivity index (χ0n) is 9.63. The fraction of sp³-hybridized carbons (Fsp3) is 0.500. The summed E-state index contributed by atoms with van der Waals surface area (Å²) in [6.07, 6.45) is 0. The molecule has 0 saturated heterocycles. The Labute approximate surface area is 101 Å². The Hall–Kier alpha value is -0.540. The minimum atomic E-state index is 0.519. The van der Waals surface area contributed by atoms with Gasteiger partial charge in [-0.1, -0.05) is 22.0 Å². The minimum absolute atomic E-state index is 0.519. The lowest BCUT2D eigenvalue weighted by Crippen LogP contribution is -2.30. The first-order chi connectivity index (χ1) is 7.10. The number of anilines is 1. The maximum atomic E-state index is 5.63. The Bertz CT molecular complexity index is 323. The van der Waals surface area contributed by atoms with Crippen LogP contribution in [0.1, 0.15) is 26.3 Å². The fourth-order valence-corrected chi connectivity index (χ4v) is 2.25. The van der Waals surface area contributed by atoms with Gasteiger partial charge in [0, 0.05) is 29.3 Å². The molecule has 0 aliphatic rings. The molecule has 0 aliphatic heterocycles. The molecule has 0 aliphatic carbocycles. The van der Waals surface area contributed by atoms with E-state index < -0.39 is 0 Å². The van der Waals surface area contributed by atoms with E-state index >= 15 is 0 Å². The fourth-order valence-electron chi connectivity index (χ4n) is 1.73. The van der Waals surface area contributed by atoms with Crippen molar-refractivity contribution in [3.8, 4) is 0 Å². The van der Waals surface area contributed by atoms with Crippen molar-refractivity contribution in [1.82, 2.24) is 0 Å². The van der Waals surface area contributed by atoms with Gasteiger partial charge in [-0.05, 0) is 38.5 Å². The van der Waals surface area contributed by atoms with Crippen LogP contribution in [0, 0.1) is 0 Å². The van der Waals surface area contributed by atoms with Gasteiger partial charge in [0.1, 0.15) is 0 Å². The monoisotopic (exact) mass is 270 g/mol. The van der Waals surface area contributed by atoms with Crippen LogP contribution in [0.25, 0.3) is 0 Å². The number of benzene rings is 1. The summed E-state index contributed by atoms with van der Waals surface area (Å²) in [4.78, 5) is 2.35. The van der Waals surface area contributed by atoms with Gasteiger partial charge in [-0.2, -0.15) is 0 Å². The second kappa shape index (κ2) is 5.52. The first kappa shape index (κ1) is 12.5. The minimum Gasteiger partial charge on any atom is -0.369 e. The molecule has 0 amide bonds. The van der Waals surface area contributed by atoms with Crippen LogP contribution < -0.4 is 10.6 Å². The molecule has 1 aromatic carbocycles. The van der Waals surface area contributed by atoms with Gasteiger partial charge in [-0.15, -0.1) is 0 Å². The molecule has 2 nitrogen and oxygen atoms in total. The molecule has 3 heteroatoms. The molecule has 0 heterocycles. The summed E-state index contributed by atoms with van der Waals surface area (Å²) < 4.78 is 1.10. The van der Waals surface area contributed by atoms with E-state index in [4.69, 9.17) is 5.73 Å². The van der Waals surface area contributed by atoms with Crippen molar-refractivity contribution in [3.05, 3.63) is 28.2 Å². The summed E-state index contributed by atoms with van der Waals surface area (Å²) in [7, 11) is 0. The first-order valence-corrected chi connectivity index (χ1v) is 6.14. The van der Waals surface area contributed by atoms with Crippen LogP contribution in [0.2, 0.25) is 0 Å². The highest BCUT2D eigenvalue weighted by molar-refractivity contribution is 9.10. The zero-order chi connectivity index (χ0) is 11.4. The summed E-state index contributed by atoms with van der Waals surface area (Å²) in [6.45, 7) is 8.17. The van der Waals surface area contributed by atoms with Crippen molar-refractivity contribution >= 4 is 21.6 Å². The molecule has 0 spiro atoms. The third-order valence-electron chi connectivity index (χ3n) is 2.55. The van der Waals surface area contributed by atoms with E-state index in [1.807, 2.05) is 0 Å². The Kier molecular flexibility index (Phi) is 4.61. The number of halogens is 1. The van der Waals surface area contributed by atoms with E-state index in [1.165, 1.54) is 5.69 Å². The predicted octanol–water partition coefficient (Wildman–Crippen LogP) is 3.14. The van der Waals surface area contributed by atoms with Crippen molar-refractivity contribution in [3.63, 3.8) is 0 Å². The lowest BCUT2D eigenvalue weighted by atomic mass is 10.1. The normalized spacial score (nSPS) is 10.8. The van der Waals surface area contributed by atoms with Crippen LogP contribution >= 0.6 is 15.9 Å². The van der Waals surface area contributed by atoms with Crippen LogP contribution in [0.4, 0.5) is 5.69 Å². The molecule has 0 atom stereocenters. The third kappa shape index (κ3) is 2.95. The topological polar surface area (TPSA) is 29.3 Å². The molecule has 0 saturated carbocycles. The first-order valence-electron chi connectivity index (χ1n) is 5.35. The highest BCUT2D eigenvalue weighted by atomic mass is 79.9. The molecule has 0 aromatic heterocycles. The van der Waals surface area contributed by atoms with E-state index in [9.17, 15) is 0 Å². The molecule has 84 valence electrons. The van der Waals surface area contributed by atoms with Crippen LogP contribution in [-0.2, 0) is 6.54 Å². The molecule has 15 heavy (non-hydrogen) atoms. The summed E-state index contributed by atoms with van der Waals surface area (Å²) in [5.41, 5.74) is 8.02. The molecule has 2 N–H and O–H groups in total. The Morgan fingerprint density at radius 2 is 2.07 bits per heavy atom. The van der Waals surface area contributed by atoms with Gasteiger partial charge in [-0.25, -0.2) is 0 Å². The number of hydrogen-bond acceptors (Lipinski definition) is 2. The Balaban J connectivity index is 3.00. The van der Waals surface area contributed by atoms with E-state index in [-0.39, 0.29) is 0 Å². The van der Waals surface area contributed by atoms with E-state index in [1.54, 1.807) is 0 Å². The number of nitrogens with zero attached hydrogens (tertiary/aromatic N) is 1. The Morgan fingerprint density at radius 1 is 1.40 bits per heavy atom. The molecule has 0 radical (unpaired) electrons. The van der Waals surface area contributed by atoms with Crippen LogP contribution in [0.15, 0.2) is 22.7 Å². The van der Waals surface area contributed by atoms with Crippen molar-refractivity contribution in [2.45, 2.75) is 33.4 Å². The summed E-state index contributed by atoms with van der Waals surface area (Å²) in [5.74, 6) is 0. The van der Waals surface area contributed by atoms with Crippen LogP contribution in [0.5, 0.6) is 0 Å². The van der Waals surface area contributed by atoms with Crippen molar-refractivity contribution in [2.24, 2.45) is 5.73 Å². The largest absolute Gasteiger partial charge is 0.369 e. The lowest BCUT2D eigenvalue weighted by molar-refractivity contribution is 0.703. The van der Waals surface area contributed by atoms with Gasteiger partial charge in [0.25, 0.3) is 0 Å². The van der Waals surface area contributed by atoms with Gasteiger partial charge in [0.15, 0.2) is 0 Å². The Morgan fingerprint density at radius 3 is 2.47 bits per heavy atom. The van der Waals surface area contributed by atoms with Gasteiger partial charge < -0.3 is 10.6 Å². The summed E-state index contributed by atoms with van der Waals surface area (Å²) in [6, 6.07) is 6.89. The van der Waals surface area contributed by atoms with Crippen LogP contribution in [0.3, 0.4) is 0 Å². The average molecular weight is 271 g/mol. The molecular formula is C12H19BrN2.